The van der Waals surface area contributed by atoms with Crippen molar-refractivity contribution >= 4 is 0 Å². The number of methoxy groups -OCH3 is 1. The number of rotatable bonds is 4. The van der Waals surface area contributed by atoms with Gasteiger partial charge < -0.3 is 10.1 Å². The molecule has 0 fully saturated rings. The second-order valence-corrected chi connectivity index (χ2v) is 3.07. The van der Waals surface area contributed by atoms with Gasteiger partial charge in [0.25, 0.3) is 0 Å². The molecule has 1 unspecified atom stereocenters. The highest BCUT2D eigenvalue weighted by Crippen LogP contribution is 2.05. The maximum absolute atomic E-state index is 5.20. The van der Waals surface area contributed by atoms with Crippen molar-refractivity contribution in [2.24, 2.45) is 0 Å². The molecule has 0 spiro atoms. The van der Waals surface area contributed by atoms with Crippen LogP contribution in [0.2, 0.25) is 0 Å². The molecule has 1 N–H and O–H groups in total. The third-order valence-electron chi connectivity index (χ3n) is 1.88. The van der Waals surface area contributed by atoms with Crippen LogP contribution in [0.1, 0.15) is 13.8 Å². The molecule has 0 aromatic heterocycles. The zero-order valence-corrected chi connectivity index (χ0v) is 9.92. The molecule has 0 saturated heterocycles. The predicted octanol–water partition coefficient (Wildman–Crippen LogP) is 2.26. The van der Waals surface area contributed by atoms with Crippen LogP contribution in [0.3, 0.4) is 0 Å². The summed E-state index contributed by atoms with van der Waals surface area (Å²) >= 11 is 0. The van der Waals surface area contributed by atoms with Crippen LogP contribution >= 0.6 is 0 Å². The monoisotopic (exact) mass is 205 g/mol. The average molecular weight is 205 g/mol. The second kappa shape index (κ2) is 7.90. The quantitative estimate of drug-likeness (QED) is 0.432. The fraction of sp³-hybridized carbons (Fsp3) is 0.385. The van der Waals surface area contributed by atoms with E-state index in [-0.39, 0.29) is 6.04 Å². The zero-order chi connectivity index (χ0) is 11.7. The molecule has 0 aromatic carbocycles. The Morgan fingerprint density at radius 3 is 2.67 bits per heavy atom. The van der Waals surface area contributed by atoms with Crippen LogP contribution < -0.4 is 5.32 Å². The molecule has 0 bridgehead atoms. The van der Waals surface area contributed by atoms with Gasteiger partial charge in [0.15, 0.2) is 0 Å². The van der Waals surface area contributed by atoms with Gasteiger partial charge in [0.05, 0.1) is 13.2 Å². The Morgan fingerprint density at radius 1 is 1.53 bits per heavy atom. The summed E-state index contributed by atoms with van der Waals surface area (Å²) in [6, 6.07) is 0.182. The van der Waals surface area contributed by atoms with Crippen molar-refractivity contribution in [3.8, 4) is 11.8 Å². The fourth-order valence-electron chi connectivity index (χ4n) is 0.852. The first kappa shape index (κ1) is 13.5. The molecule has 82 valence electrons. The summed E-state index contributed by atoms with van der Waals surface area (Å²) < 4.78 is 5.20. The van der Waals surface area contributed by atoms with Crippen LogP contribution in [0.15, 0.2) is 36.1 Å². The number of nitrogens with one attached hydrogen (secondary N) is 1. The van der Waals surface area contributed by atoms with Gasteiger partial charge in [-0.3, -0.25) is 0 Å². The lowest BCUT2D eigenvalue weighted by atomic mass is 10.2. The Morgan fingerprint density at radius 2 is 2.20 bits per heavy atom. The zero-order valence-electron chi connectivity index (χ0n) is 9.92. The standard InChI is InChI=1S/C13H19NO/c1-6-7-8-13(15-5)11(2)9-10-12(3)14-4/h6-8,12,14H,1H2,2-5H3/b8-7-,13-11-. The van der Waals surface area contributed by atoms with Crippen LogP contribution in [0.4, 0.5) is 0 Å². The van der Waals surface area contributed by atoms with Crippen LogP contribution in [0.5, 0.6) is 0 Å². The van der Waals surface area contributed by atoms with Gasteiger partial charge in [0.2, 0.25) is 0 Å². The summed E-state index contributed by atoms with van der Waals surface area (Å²) in [6.45, 7) is 7.54. The summed E-state index contributed by atoms with van der Waals surface area (Å²) in [4.78, 5) is 0. The third kappa shape index (κ3) is 5.77. The van der Waals surface area contributed by atoms with E-state index in [2.05, 4.69) is 23.7 Å². The largest absolute Gasteiger partial charge is 0.496 e. The molecule has 0 aliphatic rings. The lowest BCUT2D eigenvalue weighted by Gasteiger charge is -2.02. The molecule has 0 aliphatic heterocycles. The van der Waals surface area contributed by atoms with Crippen molar-refractivity contribution in [3.05, 3.63) is 36.1 Å². The summed E-state index contributed by atoms with van der Waals surface area (Å²) in [6.07, 6.45) is 5.38. The Bertz CT molecular complexity index is 315. The first-order chi connectivity index (χ1) is 7.15. The number of ether oxygens (including phenoxy) is 1. The highest BCUT2D eigenvalue weighted by Gasteiger charge is 1.95. The molecule has 15 heavy (non-hydrogen) atoms. The smallest absolute Gasteiger partial charge is 0.130 e. The van der Waals surface area contributed by atoms with Crippen molar-refractivity contribution < 1.29 is 4.74 Å². The molecule has 0 aliphatic carbocycles. The van der Waals surface area contributed by atoms with Crippen LogP contribution in [0.25, 0.3) is 0 Å². The number of hydrogen-bond acceptors (Lipinski definition) is 2. The van der Waals surface area contributed by atoms with Gasteiger partial charge in [0, 0.05) is 5.57 Å². The molecule has 0 radical (unpaired) electrons. The van der Waals surface area contributed by atoms with Gasteiger partial charge in [-0.25, -0.2) is 0 Å². The molecule has 0 rings (SSSR count). The molecule has 0 aromatic rings. The van der Waals surface area contributed by atoms with Crippen LogP contribution in [0, 0.1) is 11.8 Å². The topological polar surface area (TPSA) is 21.3 Å². The summed E-state index contributed by atoms with van der Waals surface area (Å²) in [7, 11) is 3.52. The third-order valence-corrected chi connectivity index (χ3v) is 1.88. The van der Waals surface area contributed by atoms with E-state index < -0.39 is 0 Å². The molecule has 0 heterocycles. The van der Waals surface area contributed by atoms with Gasteiger partial charge in [0.1, 0.15) is 5.76 Å². The molecule has 2 nitrogen and oxygen atoms in total. The van der Waals surface area contributed by atoms with Crippen molar-refractivity contribution in [3.63, 3.8) is 0 Å². The van der Waals surface area contributed by atoms with Gasteiger partial charge >= 0.3 is 0 Å². The highest BCUT2D eigenvalue weighted by atomic mass is 16.5. The highest BCUT2D eigenvalue weighted by molar-refractivity contribution is 5.35. The maximum atomic E-state index is 5.20. The van der Waals surface area contributed by atoms with E-state index in [1.807, 2.05) is 33.0 Å². The van der Waals surface area contributed by atoms with Gasteiger partial charge in [-0.1, -0.05) is 30.6 Å². The van der Waals surface area contributed by atoms with E-state index in [9.17, 15) is 0 Å². The molecule has 2 heteroatoms. The number of allylic oxidation sites excluding steroid dienone is 4. The molecule has 1 atom stereocenters. The van der Waals surface area contributed by atoms with Gasteiger partial charge in [-0.2, -0.15) is 0 Å². The van der Waals surface area contributed by atoms with Crippen molar-refractivity contribution in [2.75, 3.05) is 14.2 Å². The summed E-state index contributed by atoms with van der Waals surface area (Å²) in [5.74, 6) is 6.88. The van der Waals surface area contributed by atoms with E-state index >= 15 is 0 Å². The van der Waals surface area contributed by atoms with E-state index in [0.29, 0.717) is 0 Å². The Hall–Kier alpha value is -1.46. The van der Waals surface area contributed by atoms with E-state index in [1.165, 1.54) is 0 Å². The van der Waals surface area contributed by atoms with Gasteiger partial charge in [-0.15, -0.1) is 0 Å². The Kier molecular flexibility index (Phi) is 7.13. The molecular formula is C13H19NO. The Balaban J connectivity index is 4.77. The second-order valence-electron chi connectivity index (χ2n) is 3.07. The average Bonchev–Trinajstić information content (AvgIpc) is 2.26. The van der Waals surface area contributed by atoms with E-state index in [4.69, 9.17) is 4.74 Å². The first-order valence-corrected chi connectivity index (χ1v) is 4.88. The van der Waals surface area contributed by atoms with Crippen LogP contribution in [-0.4, -0.2) is 20.2 Å². The minimum Gasteiger partial charge on any atom is -0.496 e. The lowest BCUT2D eigenvalue weighted by molar-refractivity contribution is 0.304. The predicted molar refractivity (Wildman–Crippen MR) is 65.3 cm³/mol. The van der Waals surface area contributed by atoms with Crippen molar-refractivity contribution in [1.82, 2.24) is 5.32 Å². The van der Waals surface area contributed by atoms with E-state index in [1.54, 1.807) is 13.2 Å². The fourth-order valence-corrected chi connectivity index (χ4v) is 0.852. The van der Waals surface area contributed by atoms with Crippen LogP contribution in [-0.2, 0) is 4.74 Å². The number of hydrogen-bond donors (Lipinski definition) is 1. The van der Waals surface area contributed by atoms with Crippen molar-refractivity contribution in [1.29, 1.82) is 0 Å². The lowest BCUT2D eigenvalue weighted by Crippen LogP contribution is -2.18. The molecule has 0 amide bonds. The van der Waals surface area contributed by atoms with Gasteiger partial charge in [-0.05, 0) is 27.0 Å². The summed E-state index contributed by atoms with van der Waals surface area (Å²) in [5, 5.41) is 3.05. The first-order valence-electron chi connectivity index (χ1n) is 4.88. The molecule has 0 saturated carbocycles. The molecular weight excluding hydrogens is 186 g/mol. The summed E-state index contributed by atoms with van der Waals surface area (Å²) in [5.41, 5.74) is 0.915. The van der Waals surface area contributed by atoms with E-state index in [0.717, 1.165) is 11.3 Å². The van der Waals surface area contributed by atoms with Crippen molar-refractivity contribution in [2.45, 2.75) is 19.9 Å². The minimum atomic E-state index is 0.182. The maximum Gasteiger partial charge on any atom is 0.130 e. The minimum absolute atomic E-state index is 0.182. The SMILES string of the molecule is C=C/C=C\C(OC)=C(/C)C#CC(C)NC. The normalized spacial score (nSPS) is 13.9. The Labute approximate surface area is 92.7 Å².